The van der Waals surface area contributed by atoms with Gasteiger partial charge in [-0.1, -0.05) is 49.6 Å². The summed E-state index contributed by atoms with van der Waals surface area (Å²) in [5.74, 6) is 0.0551. The summed E-state index contributed by atoms with van der Waals surface area (Å²) in [7, 11) is 0. The fraction of sp³-hybridized carbons (Fsp3) is 0.318. The second-order valence-corrected chi connectivity index (χ2v) is 7.39. The predicted molar refractivity (Wildman–Crippen MR) is 108 cm³/mol. The van der Waals surface area contributed by atoms with Gasteiger partial charge in [0.25, 0.3) is 0 Å². The Hall–Kier alpha value is -2.95. The van der Waals surface area contributed by atoms with Gasteiger partial charge in [0.05, 0.1) is 16.6 Å². The van der Waals surface area contributed by atoms with Gasteiger partial charge in [0.2, 0.25) is 5.91 Å². The molecule has 0 radical (unpaired) electrons. The van der Waals surface area contributed by atoms with E-state index < -0.39 is 0 Å². The van der Waals surface area contributed by atoms with Crippen LogP contribution >= 0.6 is 0 Å². The summed E-state index contributed by atoms with van der Waals surface area (Å²) >= 11 is 0. The summed E-state index contributed by atoms with van der Waals surface area (Å²) in [4.78, 5) is 22.4. The molecule has 136 valence electrons. The van der Waals surface area contributed by atoms with Crippen molar-refractivity contribution in [2.45, 2.75) is 44.7 Å². The predicted octanol–water partition coefficient (Wildman–Crippen LogP) is 4.19. The van der Waals surface area contributed by atoms with Crippen molar-refractivity contribution >= 4 is 39.0 Å². The second kappa shape index (κ2) is 6.65. The first-order valence-electron chi connectivity index (χ1n) is 9.73. The minimum atomic E-state index is 0.0551. The van der Waals surface area contributed by atoms with Gasteiger partial charge in [-0.3, -0.25) is 4.79 Å². The highest BCUT2D eigenvalue weighted by Crippen LogP contribution is 2.28. The fourth-order valence-corrected chi connectivity index (χ4v) is 4.21. The quantitative estimate of drug-likeness (QED) is 0.597. The van der Waals surface area contributed by atoms with E-state index in [1.165, 1.54) is 19.3 Å². The molecule has 2 aromatic heterocycles. The molecule has 0 spiro atoms. The van der Waals surface area contributed by atoms with Crippen LogP contribution in [0.5, 0.6) is 0 Å². The highest BCUT2D eigenvalue weighted by atomic mass is 16.2. The standard InChI is InChI=1S/C22H22N4O/c27-20(23-15-8-2-1-3-9-15)14-26-19-13-7-4-10-16(19)21-22(26)25-18-12-6-5-11-17(18)24-21/h4-7,10-13,15H,1-3,8-9,14H2,(H,23,27). The molecule has 2 aromatic carbocycles. The zero-order chi connectivity index (χ0) is 18.2. The molecule has 1 saturated carbocycles. The maximum absolute atomic E-state index is 12.7. The monoisotopic (exact) mass is 358 g/mol. The van der Waals surface area contributed by atoms with Crippen LogP contribution in [0.4, 0.5) is 0 Å². The Balaban J connectivity index is 1.58. The molecule has 0 unspecified atom stereocenters. The molecule has 0 atom stereocenters. The summed E-state index contributed by atoms with van der Waals surface area (Å²) in [5.41, 5.74) is 4.35. The van der Waals surface area contributed by atoms with Gasteiger partial charge in [0.15, 0.2) is 5.65 Å². The number of aromatic nitrogens is 3. The van der Waals surface area contributed by atoms with Gasteiger partial charge < -0.3 is 9.88 Å². The first-order chi connectivity index (χ1) is 13.3. The van der Waals surface area contributed by atoms with Crippen LogP contribution < -0.4 is 5.32 Å². The smallest absolute Gasteiger partial charge is 0.240 e. The molecule has 0 aliphatic heterocycles. The van der Waals surface area contributed by atoms with Crippen molar-refractivity contribution in [3.8, 4) is 0 Å². The molecule has 27 heavy (non-hydrogen) atoms. The van der Waals surface area contributed by atoms with Gasteiger partial charge in [-0.05, 0) is 31.0 Å². The molecule has 5 nitrogen and oxygen atoms in total. The summed E-state index contributed by atoms with van der Waals surface area (Å²) in [6, 6.07) is 16.3. The van der Waals surface area contributed by atoms with E-state index in [-0.39, 0.29) is 12.5 Å². The molecule has 1 amide bonds. The lowest BCUT2D eigenvalue weighted by Gasteiger charge is -2.23. The number of hydrogen-bond donors (Lipinski definition) is 1. The van der Waals surface area contributed by atoms with E-state index in [1.807, 2.05) is 47.0 Å². The molecule has 2 heterocycles. The van der Waals surface area contributed by atoms with Crippen LogP contribution in [0.1, 0.15) is 32.1 Å². The van der Waals surface area contributed by atoms with Crippen LogP contribution in [-0.2, 0) is 11.3 Å². The normalized spacial score (nSPS) is 15.6. The number of hydrogen-bond acceptors (Lipinski definition) is 3. The van der Waals surface area contributed by atoms with Crippen LogP contribution in [0.3, 0.4) is 0 Å². The number of rotatable bonds is 3. The van der Waals surface area contributed by atoms with E-state index in [0.29, 0.717) is 6.04 Å². The van der Waals surface area contributed by atoms with E-state index >= 15 is 0 Å². The van der Waals surface area contributed by atoms with Crippen LogP contribution in [0.25, 0.3) is 33.1 Å². The number of para-hydroxylation sites is 3. The first kappa shape index (κ1) is 16.2. The maximum atomic E-state index is 12.7. The van der Waals surface area contributed by atoms with Crippen molar-refractivity contribution in [3.05, 3.63) is 48.5 Å². The third-order valence-corrected chi connectivity index (χ3v) is 5.53. The van der Waals surface area contributed by atoms with E-state index in [9.17, 15) is 4.79 Å². The van der Waals surface area contributed by atoms with Gasteiger partial charge >= 0.3 is 0 Å². The van der Waals surface area contributed by atoms with E-state index in [0.717, 1.165) is 45.9 Å². The number of nitrogens with one attached hydrogen (secondary N) is 1. The number of nitrogens with zero attached hydrogens (tertiary/aromatic N) is 3. The molecular formula is C22H22N4O. The molecular weight excluding hydrogens is 336 g/mol. The third kappa shape index (κ3) is 2.93. The zero-order valence-corrected chi connectivity index (χ0v) is 15.2. The molecule has 0 bridgehead atoms. The second-order valence-electron chi connectivity index (χ2n) is 7.39. The van der Waals surface area contributed by atoms with Crippen molar-refractivity contribution in [2.75, 3.05) is 0 Å². The third-order valence-electron chi connectivity index (χ3n) is 5.53. The molecule has 5 heteroatoms. The molecule has 1 fully saturated rings. The molecule has 1 aliphatic carbocycles. The fourth-order valence-electron chi connectivity index (χ4n) is 4.21. The van der Waals surface area contributed by atoms with Crippen molar-refractivity contribution in [1.82, 2.24) is 19.9 Å². The average molecular weight is 358 g/mol. The van der Waals surface area contributed by atoms with Crippen molar-refractivity contribution < 1.29 is 4.79 Å². The highest BCUT2D eigenvalue weighted by molar-refractivity contribution is 6.07. The summed E-state index contributed by atoms with van der Waals surface area (Å²) in [6.07, 6.45) is 5.87. The number of carbonyl (C=O) groups excluding carboxylic acids is 1. The molecule has 5 rings (SSSR count). The van der Waals surface area contributed by atoms with Gasteiger partial charge in [0.1, 0.15) is 12.1 Å². The summed E-state index contributed by atoms with van der Waals surface area (Å²) in [6.45, 7) is 0.271. The van der Waals surface area contributed by atoms with Gasteiger partial charge in [-0.2, -0.15) is 0 Å². The Bertz CT molecular complexity index is 1140. The lowest BCUT2D eigenvalue weighted by atomic mass is 9.95. The number of carbonyl (C=O) groups is 1. The Morgan fingerprint density at radius 2 is 1.67 bits per heavy atom. The topological polar surface area (TPSA) is 59.8 Å². The zero-order valence-electron chi connectivity index (χ0n) is 15.2. The van der Waals surface area contributed by atoms with Crippen LogP contribution in [0.2, 0.25) is 0 Å². The Morgan fingerprint density at radius 3 is 2.48 bits per heavy atom. The van der Waals surface area contributed by atoms with Gasteiger partial charge in [-0.25, -0.2) is 9.97 Å². The average Bonchev–Trinajstić information content (AvgIpc) is 3.00. The van der Waals surface area contributed by atoms with Crippen LogP contribution in [0.15, 0.2) is 48.5 Å². The Labute approximate surface area is 157 Å². The minimum Gasteiger partial charge on any atom is -0.352 e. The Kier molecular flexibility index (Phi) is 4.00. The summed E-state index contributed by atoms with van der Waals surface area (Å²) < 4.78 is 2.00. The minimum absolute atomic E-state index is 0.0551. The van der Waals surface area contributed by atoms with Crippen LogP contribution in [-0.4, -0.2) is 26.5 Å². The number of benzene rings is 2. The lowest BCUT2D eigenvalue weighted by Crippen LogP contribution is -2.38. The Morgan fingerprint density at radius 1 is 0.963 bits per heavy atom. The largest absolute Gasteiger partial charge is 0.352 e. The van der Waals surface area contributed by atoms with E-state index in [4.69, 9.17) is 9.97 Å². The molecule has 1 aliphatic rings. The molecule has 1 N–H and O–H groups in total. The highest BCUT2D eigenvalue weighted by Gasteiger charge is 2.19. The molecule has 4 aromatic rings. The SMILES string of the molecule is O=C(Cn1c2ccccc2c2nc3ccccc3nc21)NC1CCCCC1. The van der Waals surface area contributed by atoms with Gasteiger partial charge in [0, 0.05) is 11.4 Å². The maximum Gasteiger partial charge on any atom is 0.240 e. The first-order valence-corrected chi connectivity index (χ1v) is 9.73. The number of amides is 1. The van der Waals surface area contributed by atoms with Crippen LogP contribution in [0, 0.1) is 0 Å². The van der Waals surface area contributed by atoms with E-state index in [2.05, 4.69) is 11.4 Å². The molecule has 0 saturated heterocycles. The number of fused-ring (bicyclic) bond motifs is 4. The van der Waals surface area contributed by atoms with E-state index in [1.54, 1.807) is 0 Å². The van der Waals surface area contributed by atoms with Crippen molar-refractivity contribution in [1.29, 1.82) is 0 Å². The van der Waals surface area contributed by atoms with Crippen molar-refractivity contribution in [2.24, 2.45) is 0 Å². The van der Waals surface area contributed by atoms with Gasteiger partial charge in [-0.15, -0.1) is 0 Å². The lowest BCUT2D eigenvalue weighted by molar-refractivity contribution is -0.122. The van der Waals surface area contributed by atoms with Crippen molar-refractivity contribution in [3.63, 3.8) is 0 Å². The summed E-state index contributed by atoms with van der Waals surface area (Å²) in [5, 5.41) is 4.25.